The fourth-order valence-electron chi connectivity index (χ4n) is 2.18. The molecule has 2 nitrogen and oxygen atoms in total. The maximum Gasteiger partial charge on any atom is 0.263 e. The Morgan fingerprint density at radius 1 is 1.39 bits per heavy atom. The van der Waals surface area contributed by atoms with Gasteiger partial charge in [0.05, 0.1) is 5.69 Å². The van der Waals surface area contributed by atoms with Crippen LogP contribution in [0.1, 0.15) is 24.8 Å². The van der Waals surface area contributed by atoms with Gasteiger partial charge in [0.15, 0.2) is 0 Å². The van der Waals surface area contributed by atoms with E-state index >= 15 is 0 Å². The molecule has 1 heterocycles. The maximum absolute atomic E-state index is 13.5. The van der Waals surface area contributed by atoms with E-state index in [9.17, 15) is 13.2 Å². The van der Waals surface area contributed by atoms with Crippen molar-refractivity contribution in [1.82, 2.24) is 5.32 Å². The van der Waals surface area contributed by atoms with Crippen LogP contribution < -0.4 is 10.6 Å². The highest BCUT2D eigenvalue weighted by Gasteiger charge is 2.14. The zero-order valence-corrected chi connectivity index (χ0v) is 10.1. The summed E-state index contributed by atoms with van der Waals surface area (Å²) in [4.78, 5) is 0. The minimum atomic E-state index is -2.63. The average molecular weight is 258 g/mol. The van der Waals surface area contributed by atoms with Crippen molar-refractivity contribution in [3.05, 3.63) is 29.6 Å². The predicted molar refractivity (Wildman–Crippen MR) is 65.4 cm³/mol. The second-order valence-corrected chi connectivity index (χ2v) is 4.61. The van der Waals surface area contributed by atoms with Gasteiger partial charge in [-0.05, 0) is 44.0 Å². The Labute approximate surface area is 105 Å². The van der Waals surface area contributed by atoms with Crippen LogP contribution in [0.5, 0.6) is 0 Å². The van der Waals surface area contributed by atoms with Gasteiger partial charge in [-0.2, -0.15) is 0 Å². The fourth-order valence-corrected chi connectivity index (χ4v) is 2.18. The molecule has 0 amide bonds. The van der Waals surface area contributed by atoms with Crippen molar-refractivity contribution in [3.63, 3.8) is 0 Å². The Morgan fingerprint density at radius 2 is 2.22 bits per heavy atom. The second kappa shape index (κ2) is 6.09. The Hall–Kier alpha value is -1.23. The average Bonchev–Trinajstić information content (AvgIpc) is 2.84. The molecule has 1 fully saturated rings. The summed E-state index contributed by atoms with van der Waals surface area (Å²) in [6.45, 7) is 2.72. The summed E-state index contributed by atoms with van der Waals surface area (Å²) in [7, 11) is 0. The van der Waals surface area contributed by atoms with E-state index in [0.29, 0.717) is 18.2 Å². The molecule has 1 aliphatic heterocycles. The highest BCUT2D eigenvalue weighted by atomic mass is 19.3. The molecule has 1 aromatic rings. The van der Waals surface area contributed by atoms with Gasteiger partial charge in [0.2, 0.25) is 0 Å². The Morgan fingerprint density at radius 3 is 2.83 bits per heavy atom. The molecule has 1 aromatic carbocycles. The van der Waals surface area contributed by atoms with E-state index in [2.05, 4.69) is 10.6 Å². The molecule has 1 atom stereocenters. The number of halogens is 3. The number of anilines is 1. The smallest absolute Gasteiger partial charge is 0.263 e. The summed E-state index contributed by atoms with van der Waals surface area (Å²) in [6.07, 6.45) is -0.518. The van der Waals surface area contributed by atoms with Gasteiger partial charge in [-0.1, -0.05) is 6.07 Å². The van der Waals surface area contributed by atoms with Crippen molar-refractivity contribution in [3.8, 4) is 0 Å². The van der Waals surface area contributed by atoms with Gasteiger partial charge < -0.3 is 10.6 Å². The minimum absolute atomic E-state index is 0.280. The van der Waals surface area contributed by atoms with Gasteiger partial charge in [0.25, 0.3) is 6.43 Å². The first-order valence-corrected chi connectivity index (χ1v) is 6.19. The number of alkyl halides is 2. The first-order valence-electron chi connectivity index (χ1n) is 6.19. The molecule has 1 unspecified atom stereocenters. The van der Waals surface area contributed by atoms with Crippen LogP contribution in [0.3, 0.4) is 0 Å². The lowest BCUT2D eigenvalue weighted by Crippen LogP contribution is -2.13. The molecule has 1 saturated heterocycles. The number of hydrogen-bond donors (Lipinski definition) is 2. The lowest BCUT2D eigenvalue weighted by atomic mass is 10.1. The molecule has 0 radical (unpaired) electrons. The van der Waals surface area contributed by atoms with Crippen LogP contribution in [0.2, 0.25) is 0 Å². The molecular formula is C13H17F3N2. The van der Waals surface area contributed by atoms with Crippen LogP contribution >= 0.6 is 0 Å². The Kier molecular flexibility index (Phi) is 4.47. The first-order chi connectivity index (χ1) is 8.66. The summed E-state index contributed by atoms with van der Waals surface area (Å²) in [5.74, 6) is 0.0123. The van der Waals surface area contributed by atoms with Crippen molar-refractivity contribution in [2.75, 3.05) is 25.0 Å². The summed E-state index contributed by atoms with van der Waals surface area (Å²) in [5, 5.41) is 6.23. The number of hydrogen-bond acceptors (Lipinski definition) is 2. The maximum atomic E-state index is 13.5. The van der Waals surface area contributed by atoms with Crippen molar-refractivity contribution in [2.45, 2.75) is 19.3 Å². The van der Waals surface area contributed by atoms with Crippen molar-refractivity contribution < 1.29 is 13.2 Å². The zero-order valence-electron chi connectivity index (χ0n) is 10.1. The van der Waals surface area contributed by atoms with Crippen LogP contribution in [0.4, 0.5) is 18.9 Å². The molecule has 2 N–H and O–H groups in total. The standard InChI is InChI=1S/C13H17F3N2/c14-11-7-10(13(15)16)1-2-12(11)18-6-4-9-3-5-17-8-9/h1-2,7,9,13,17-18H,3-6,8H2. The van der Waals surface area contributed by atoms with Crippen LogP contribution in [0, 0.1) is 11.7 Å². The summed E-state index contributed by atoms with van der Waals surface area (Å²) < 4.78 is 38.2. The molecular weight excluding hydrogens is 241 g/mol. The van der Waals surface area contributed by atoms with E-state index in [1.54, 1.807) is 0 Å². The molecule has 100 valence electrons. The molecule has 5 heteroatoms. The van der Waals surface area contributed by atoms with E-state index in [1.807, 2.05) is 0 Å². The number of nitrogens with one attached hydrogen (secondary N) is 2. The number of benzene rings is 1. The van der Waals surface area contributed by atoms with Gasteiger partial charge in [0.1, 0.15) is 5.82 Å². The summed E-state index contributed by atoms with van der Waals surface area (Å²) in [5.41, 5.74) is 0.0170. The van der Waals surface area contributed by atoms with Crippen molar-refractivity contribution in [1.29, 1.82) is 0 Å². The molecule has 0 aromatic heterocycles. The van der Waals surface area contributed by atoms with Crippen LogP contribution in [-0.4, -0.2) is 19.6 Å². The zero-order chi connectivity index (χ0) is 13.0. The molecule has 2 rings (SSSR count). The molecule has 1 aliphatic rings. The third-order valence-corrected chi connectivity index (χ3v) is 3.28. The van der Waals surface area contributed by atoms with Gasteiger partial charge in [-0.15, -0.1) is 0 Å². The van der Waals surface area contributed by atoms with Gasteiger partial charge in [0, 0.05) is 12.1 Å². The molecule has 0 spiro atoms. The van der Waals surface area contributed by atoms with E-state index in [4.69, 9.17) is 0 Å². The Balaban J connectivity index is 1.85. The summed E-state index contributed by atoms with van der Waals surface area (Å²) >= 11 is 0. The highest BCUT2D eigenvalue weighted by Crippen LogP contribution is 2.23. The van der Waals surface area contributed by atoms with E-state index < -0.39 is 12.2 Å². The quantitative estimate of drug-likeness (QED) is 0.847. The van der Waals surface area contributed by atoms with Crippen LogP contribution in [-0.2, 0) is 0 Å². The normalized spacial score (nSPS) is 19.4. The highest BCUT2D eigenvalue weighted by molar-refractivity contribution is 5.46. The lowest BCUT2D eigenvalue weighted by molar-refractivity contribution is 0.151. The topological polar surface area (TPSA) is 24.1 Å². The van der Waals surface area contributed by atoms with Crippen molar-refractivity contribution in [2.24, 2.45) is 5.92 Å². The van der Waals surface area contributed by atoms with Gasteiger partial charge in [-0.3, -0.25) is 0 Å². The molecule has 0 saturated carbocycles. The first kappa shape index (κ1) is 13.2. The molecule has 18 heavy (non-hydrogen) atoms. The largest absolute Gasteiger partial charge is 0.383 e. The monoisotopic (exact) mass is 258 g/mol. The van der Waals surface area contributed by atoms with E-state index in [0.717, 1.165) is 32.0 Å². The van der Waals surface area contributed by atoms with Gasteiger partial charge >= 0.3 is 0 Å². The van der Waals surface area contributed by atoms with E-state index in [-0.39, 0.29) is 5.56 Å². The predicted octanol–water partition coefficient (Wildman–Crippen LogP) is 3.17. The van der Waals surface area contributed by atoms with Crippen LogP contribution in [0.25, 0.3) is 0 Å². The summed E-state index contributed by atoms with van der Waals surface area (Å²) in [6, 6.07) is 3.53. The minimum Gasteiger partial charge on any atom is -0.383 e. The Bertz CT molecular complexity index is 390. The number of rotatable bonds is 5. The lowest BCUT2D eigenvalue weighted by Gasteiger charge is -2.11. The van der Waals surface area contributed by atoms with Crippen LogP contribution in [0.15, 0.2) is 18.2 Å². The third-order valence-electron chi connectivity index (χ3n) is 3.28. The molecule has 0 aliphatic carbocycles. The van der Waals surface area contributed by atoms with Crippen molar-refractivity contribution >= 4 is 5.69 Å². The second-order valence-electron chi connectivity index (χ2n) is 4.61. The van der Waals surface area contributed by atoms with E-state index in [1.165, 1.54) is 12.1 Å². The fraction of sp³-hybridized carbons (Fsp3) is 0.538. The SMILES string of the molecule is Fc1cc(C(F)F)ccc1NCCC1CCNC1. The third kappa shape index (κ3) is 3.38. The van der Waals surface area contributed by atoms with Gasteiger partial charge in [-0.25, -0.2) is 13.2 Å². The molecule has 0 bridgehead atoms.